The summed E-state index contributed by atoms with van der Waals surface area (Å²) in [5.41, 5.74) is 0.519. The molecule has 2 aromatic heterocycles. The monoisotopic (exact) mass is 217 g/mol. The number of hydrogen-bond donors (Lipinski definition) is 0. The Labute approximate surface area is 83.3 Å². The van der Waals surface area contributed by atoms with Crippen molar-refractivity contribution in [1.29, 1.82) is 0 Å². The zero-order valence-corrected chi connectivity index (χ0v) is 7.75. The Bertz CT molecular complexity index is 457. The van der Waals surface area contributed by atoms with E-state index in [4.69, 9.17) is 11.6 Å². The summed E-state index contributed by atoms with van der Waals surface area (Å²) in [5.74, 6) is 0. The predicted molar refractivity (Wildman–Crippen MR) is 47.8 cm³/mol. The number of nitrogens with zero attached hydrogens (tertiary/aromatic N) is 3. The summed E-state index contributed by atoms with van der Waals surface area (Å²) in [6.45, 7) is -1.10. The second-order valence-corrected chi connectivity index (χ2v) is 3.12. The molecular weight excluding hydrogens is 212 g/mol. The topological polar surface area (TPSA) is 30.2 Å². The number of fused-ring (bicyclic) bond motifs is 1. The van der Waals surface area contributed by atoms with Crippen LogP contribution in [0.15, 0.2) is 18.3 Å². The molecule has 0 saturated carbocycles. The molecular formula is C8H6ClF2N3. The minimum absolute atomic E-state index is 0.0741. The molecule has 6 heteroatoms. The maximum Gasteiger partial charge on any atom is 0.172 e. The summed E-state index contributed by atoms with van der Waals surface area (Å²) in [4.78, 5) is 3.86. The van der Waals surface area contributed by atoms with Gasteiger partial charge in [-0.15, -0.1) is 0 Å². The first kappa shape index (κ1) is 9.33. The van der Waals surface area contributed by atoms with E-state index in [0.29, 0.717) is 5.65 Å². The molecule has 0 saturated heterocycles. The van der Waals surface area contributed by atoms with Crippen LogP contribution in [0.3, 0.4) is 0 Å². The highest BCUT2D eigenvalue weighted by Gasteiger charge is 2.15. The van der Waals surface area contributed by atoms with Gasteiger partial charge in [-0.25, -0.2) is 18.3 Å². The molecule has 0 amide bonds. The standard InChI is InChI=1S/C8H6ClF2N3/c9-7-1-2-8-12-4-6(5(11)3-10)14(8)13-7/h1-2,4-5H,3H2. The highest BCUT2D eigenvalue weighted by Crippen LogP contribution is 2.19. The van der Waals surface area contributed by atoms with Crippen LogP contribution in [0.2, 0.25) is 5.15 Å². The third kappa shape index (κ3) is 1.43. The summed E-state index contributed by atoms with van der Waals surface area (Å²) < 4.78 is 26.3. The molecule has 14 heavy (non-hydrogen) atoms. The molecule has 0 aliphatic rings. The van der Waals surface area contributed by atoms with Crippen molar-refractivity contribution in [3.63, 3.8) is 0 Å². The van der Waals surface area contributed by atoms with E-state index in [0.717, 1.165) is 0 Å². The molecule has 3 nitrogen and oxygen atoms in total. The first-order valence-electron chi connectivity index (χ1n) is 3.92. The van der Waals surface area contributed by atoms with Gasteiger partial charge in [-0.1, -0.05) is 11.6 Å². The average molecular weight is 218 g/mol. The minimum Gasteiger partial charge on any atom is -0.247 e. The lowest BCUT2D eigenvalue weighted by molar-refractivity contribution is 0.258. The Kier molecular flexibility index (Phi) is 2.33. The van der Waals surface area contributed by atoms with Gasteiger partial charge >= 0.3 is 0 Å². The van der Waals surface area contributed by atoms with Crippen molar-refractivity contribution in [3.05, 3.63) is 29.2 Å². The summed E-state index contributed by atoms with van der Waals surface area (Å²) in [7, 11) is 0. The molecule has 0 radical (unpaired) electrons. The zero-order chi connectivity index (χ0) is 10.1. The van der Waals surface area contributed by atoms with Gasteiger partial charge < -0.3 is 0 Å². The first-order chi connectivity index (χ1) is 6.72. The number of hydrogen-bond acceptors (Lipinski definition) is 2. The van der Waals surface area contributed by atoms with Crippen LogP contribution in [-0.4, -0.2) is 21.3 Å². The second-order valence-electron chi connectivity index (χ2n) is 2.73. The lowest BCUT2D eigenvalue weighted by atomic mass is 10.3. The molecule has 1 unspecified atom stereocenters. The van der Waals surface area contributed by atoms with Crippen molar-refractivity contribution in [2.75, 3.05) is 6.67 Å². The quantitative estimate of drug-likeness (QED) is 0.773. The van der Waals surface area contributed by atoms with Crippen LogP contribution in [0.25, 0.3) is 5.65 Å². The molecule has 2 rings (SSSR count). The first-order valence-corrected chi connectivity index (χ1v) is 4.30. The fourth-order valence-electron chi connectivity index (χ4n) is 1.16. The van der Waals surface area contributed by atoms with Crippen LogP contribution in [0.1, 0.15) is 11.9 Å². The van der Waals surface area contributed by atoms with Crippen molar-refractivity contribution in [3.8, 4) is 0 Å². The van der Waals surface area contributed by atoms with Crippen LogP contribution in [0, 0.1) is 0 Å². The van der Waals surface area contributed by atoms with Crippen molar-refractivity contribution in [2.45, 2.75) is 6.17 Å². The van der Waals surface area contributed by atoms with Gasteiger partial charge in [0.1, 0.15) is 11.8 Å². The Morgan fingerprint density at radius 3 is 3.00 bits per heavy atom. The van der Waals surface area contributed by atoms with E-state index in [-0.39, 0.29) is 10.8 Å². The average Bonchev–Trinajstić information content (AvgIpc) is 2.59. The van der Waals surface area contributed by atoms with Crippen LogP contribution in [0.5, 0.6) is 0 Å². The van der Waals surface area contributed by atoms with Crippen LogP contribution in [0.4, 0.5) is 8.78 Å². The van der Waals surface area contributed by atoms with Gasteiger partial charge in [-0.2, -0.15) is 5.10 Å². The smallest absolute Gasteiger partial charge is 0.172 e. The summed E-state index contributed by atoms with van der Waals surface area (Å²) in [6.07, 6.45) is -0.459. The van der Waals surface area contributed by atoms with Crippen molar-refractivity contribution in [2.24, 2.45) is 0 Å². The largest absolute Gasteiger partial charge is 0.247 e. The fourth-order valence-corrected chi connectivity index (χ4v) is 1.30. The fraction of sp³-hybridized carbons (Fsp3) is 0.250. The molecule has 2 heterocycles. The second kappa shape index (κ2) is 3.49. The highest BCUT2D eigenvalue weighted by molar-refractivity contribution is 6.29. The Morgan fingerprint density at radius 1 is 1.50 bits per heavy atom. The summed E-state index contributed by atoms with van der Waals surface area (Å²) in [6, 6.07) is 3.13. The zero-order valence-electron chi connectivity index (χ0n) is 6.99. The SMILES string of the molecule is FCC(F)c1cnc2ccc(Cl)nn12. The predicted octanol–water partition coefficient (Wildman–Crippen LogP) is 2.36. The van der Waals surface area contributed by atoms with Gasteiger partial charge in [-0.05, 0) is 12.1 Å². The number of alkyl halides is 2. The van der Waals surface area contributed by atoms with Gasteiger partial charge in [0.15, 0.2) is 11.8 Å². The van der Waals surface area contributed by atoms with Gasteiger partial charge in [0, 0.05) is 0 Å². The molecule has 0 aromatic carbocycles. The molecule has 0 fully saturated rings. The van der Waals surface area contributed by atoms with E-state index < -0.39 is 12.8 Å². The van der Waals surface area contributed by atoms with Crippen molar-refractivity contribution >= 4 is 17.2 Å². The van der Waals surface area contributed by atoms with Crippen LogP contribution >= 0.6 is 11.6 Å². The maximum absolute atomic E-state index is 13.0. The Morgan fingerprint density at radius 2 is 2.29 bits per heavy atom. The maximum atomic E-state index is 13.0. The minimum atomic E-state index is -1.71. The highest BCUT2D eigenvalue weighted by atomic mass is 35.5. The van der Waals surface area contributed by atoms with E-state index >= 15 is 0 Å². The molecule has 0 aliphatic carbocycles. The van der Waals surface area contributed by atoms with E-state index in [9.17, 15) is 8.78 Å². The van der Waals surface area contributed by atoms with Crippen molar-refractivity contribution < 1.29 is 8.78 Å². The third-order valence-electron chi connectivity index (χ3n) is 1.81. The normalized spacial score (nSPS) is 13.4. The van der Waals surface area contributed by atoms with Crippen LogP contribution < -0.4 is 0 Å². The molecule has 0 N–H and O–H groups in total. The van der Waals surface area contributed by atoms with E-state index in [1.54, 1.807) is 6.07 Å². The number of halogens is 3. The molecule has 1 atom stereocenters. The lowest BCUT2D eigenvalue weighted by Crippen LogP contribution is -2.02. The number of rotatable bonds is 2. The van der Waals surface area contributed by atoms with Gasteiger partial charge in [0.25, 0.3) is 0 Å². The Balaban J connectivity index is 2.61. The van der Waals surface area contributed by atoms with E-state index in [1.807, 2.05) is 0 Å². The summed E-state index contributed by atoms with van der Waals surface area (Å²) in [5, 5.41) is 4.03. The van der Waals surface area contributed by atoms with E-state index in [1.165, 1.54) is 16.8 Å². The number of aromatic nitrogens is 3. The molecule has 0 spiro atoms. The third-order valence-corrected chi connectivity index (χ3v) is 2.01. The number of imidazole rings is 1. The lowest BCUT2D eigenvalue weighted by Gasteiger charge is -2.02. The summed E-state index contributed by atoms with van der Waals surface area (Å²) >= 11 is 5.62. The van der Waals surface area contributed by atoms with Gasteiger partial charge in [-0.3, -0.25) is 0 Å². The Hall–Kier alpha value is -1.23. The van der Waals surface area contributed by atoms with Gasteiger partial charge in [0.2, 0.25) is 0 Å². The van der Waals surface area contributed by atoms with Gasteiger partial charge in [0.05, 0.1) is 11.9 Å². The molecule has 0 aliphatic heterocycles. The molecule has 2 aromatic rings. The van der Waals surface area contributed by atoms with Crippen molar-refractivity contribution in [1.82, 2.24) is 14.6 Å². The molecule has 0 bridgehead atoms. The van der Waals surface area contributed by atoms with E-state index in [2.05, 4.69) is 10.1 Å². The molecule has 74 valence electrons. The van der Waals surface area contributed by atoms with Crippen LogP contribution in [-0.2, 0) is 0 Å².